The van der Waals surface area contributed by atoms with Gasteiger partial charge in [0.25, 0.3) is 5.56 Å². The Morgan fingerprint density at radius 2 is 1.74 bits per heavy atom. The molecule has 0 fully saturated rings. The van der Waals surface area contributed by atoms with Crippen LogP contribution in [0.3, 0.4) is 0 Å². The van der Waals surface area contributed by atoms with E-state index in [0.717, 1.165) is 22.6 Å². The second kappa shape index (κ2) is 10.1. The molecular weight excluding hydrogens is 452 g/mol. The molecule has 1 aliphatic rings. The van der Waals surface area contributed by atoms with Crippen molar-refractivity contribution in [2.75, 3.05) is 20.3 Å². The van der Waals surface area contributed by atoms with Crippen LogP contribution in [-0.4, -0.2) is 30.9 Å². The van der Waals surface area contributed by atoms with Gasteiger partial charge in [0.1, 0.15) is 11.5 Å². The molecular formula is C26H26N2O5S. The fourth-order valence-corrected chi connectivity index (χ4v) is 4.92. The molecule has 0 saturated carbocycles. The van der Waals surface area contributed by atoms with Gasteiger partial charge in [-0.1, -0.05) is 35.6 Å². The zero-order valence-corrected chi connectivity index (χ0v) is 20.3. The molecule has 1 aliphatic heterocycles. The van der Waals surface area contributed by atoms with Gasteiger partial charge >= 0.3 is 5.97 Å². The molecule has 34 heavy (non-hydrogen) atoms. The number of hydrogen-bond acceptors (Lipinski definition) is 7. The molecule has 2 heterocycles. The van der Waals surface area contributed by atoms with Crippen molar-refractivity contribution in [1.29, 1.82) is 0 Å². The number of fused-ring (bicyclic) bond motifs is 1. The lowest BCUT2D eigenvalue weighted by atomic mass is 9.96. The van der Waals surface area contributed by atoms with Crippen molar-refractivity contribution in [2.45, 2.75) is 26.8 Å². The Balaban J connectivity index is 1.88. The molecule has 0 unspecified atom stereocenters. The minimum Gasteiger partial charge on any atom is -0.497 e. The van der Waals surface area contributed by atoms with Crippen LogP contribution in [0.5, 0.6) is 11.5 Å². The minimum atomic E-state index is -0.649. The maximum absolute atomic E-state index is 13.6. The van der Waals surface area contributed by atoms with Crippen molar-refractivity contribution >= 4 is 23.4 Å². The summed E-state index contributed by atoms with van der Waals surface area (Å²) < 4.78 is 18.2. The van der Waals surface area contributed by atoms with E-state index in [4.69, 9.17) is 14.2 Å². The molecule has 176 valence electrons. The third-order valence-corrected chi connectivity index (χ3v) is 6.42. The molecule has 0 radical (unpaired) electrons. The highest BCUT2D eigenvalue weighted by Gasteiger charge is 2.33. The first-order valence-electron chi connectivity index (χ1n) is 11.0. The Labute approximate surface area is 201 Å². The third-order valence-electron chi connectivity index (χ3n) is 5.44. The summed E-state index contributed by atoms with van der Waals surface area (Å²) in [7, 11) is 1.61. The second-order valence-electron chi connectivity index (χ2n) is 7.58. The number of esters is 1. The third kappa shape index (κ3) is 4.54. The molecule has 7 nitrogen and oxygen atoms in total. The molecule has 0 aliphatic carbocycles. The van der Waals surface area contributed by atoms with Crippen LogP contribution in [0.1, 0.15) is 37.9 Å². The fraction of sp³-hybridized carbons (Fsp3) is 0.269. The summed E-state index contributed by atoms with van der Waals surface area (Å²) in [6, 6.07) is 14.2. The molecule has 0 saturated heterocycles. The summed E-state index contributed by atoms with van der Waals surface area (Å²) in [4.78, 5) is 31.7. The van der Waals surface area contributed by atoms with Crippen LogP contribution in [0.25, 0.3) is 6.08 Å². The number of rotatable bonds is 7. The maximum Gasteiger partial charge on any atom is 0.338 e. The van der Waals surface area contributed by atoms with Crippen LogP contribution in [0, 0.1) is 0 Å². The van der Waals surface area contributed by atoms with Crippen molar-refractivity contribution in [2.24, 2.45) is 4.99 Å². The molecule has 0 spiro atoms. The summed E-state index contributed by atoms with van der Waals surface area (Å²) in [5.74, 6) is 0.979. The van der Waals surface area contributed by atoms with E-state index in [1.54, 1.807) is 25.5 Å². The van der Waals surface area contributed by atoms with E-state index >= 15 is 0 Å². The molecule has 8 heteroatoms. The van der Waals surface area contributed by atoms with Crippen molar-refractivity contribution in [3.63, 3.8) is 0 Å². The van der Waals surface area contributed by atoms with Crippen LogP contribution in [0.4, 0.5) is 0 Å². The van der Waals surface area contributed by atoms with Gasteiger partial charge in [-0.05, 0) is 62.2 Å². The van der Waals surface area contributed by atoms with Crippen LogP contribution in [0.2, 0.25) is 0 Å². The molecule has 0 N–H and O–H groups in total. The lowest BCUT2D eigenvalue weighted by Gasteiger charge is -2.24. The van der Waals surface area contributed by atoms with Gasteiger partial charge in [0.2, 0.25) is 0 Å². The summed E-state index contributed by atoms with van der Waals surface area (Å²) in [5.41, 5.74) is 2.32. The summed E-state index contributed by atoms with van der Waals surface area (Å²) in [6.45, 7) is 6.22. The molecule has 2 aromatic carbocycles. The van der Waals surface area contributed by atoms with E-state index in [2.05, 4.69) is 4.99 Å². The number of carbonyl (C=O) groups excluding carboxylic acids is 1. The highest BCUT2D eigenvalue weighted by Crippen LogP contribution is 2.31. The van der Waals surface area contributed by atoms with Gasteiger partial charge in [0, 0.05) is 0 Å². The predicted octanol–water partition coefficient (Wildman–Crippen LogP) is 3.21. The summed E-state index contributed by atoms with van der Waals surface area (Å²) in [5, 5.41) is 0. The van der Waals surface area contributed by atoms with Crippen LogP contribution in [-0.2, 0) is 9.53 Å². The SMILES string of the molecule is CCOC(=O)C1=C(C)N=c2s/c(=C\c3ccc(OC)cc3)c(=O)n2[C@@H]1c1ccc(OCC)cc1. The largest absolute Gasteiger partial charge is 0.497 e. The zero-order valence-electron chi connectivity index (χ0n) is 19.5. The quantitative estimate of drug-likeness (QED) is 0.488. The van der Waals surface area contributed by atoms with Crippen molar-refractivity contribution in [3.8, 4) is 11.5 Å². The predicted molar refractivity (Wildman–Crippen MR) is 131 cm³/mol. The van der Waals surface area contributed by atoms with Crippen molar-refractivity contribution < 1.29 is 19.0 Å². The van der Waals surface area contributed by atoms with Gasteiger partial charge in [-0.15, -0.1) is 0 Å². The first kappa shape index (κ1) is 23.5. The molecule has 1 atom stereocenters. The molecule has 0 bridgehead atoms. The van der Waals surface area contributed by atoms with Crippen molar-refractivity contribution in [1.82, 2.24) is 4.57 Å². The van der Waals surface area contributed by atoms with Crippen LogP contribution < -0.4 is 24.4 Å². The molecule has 1 aromatic heterocycles. The second-order valence-corrected chi connectivity index (χ2v) is 8.59. The average molecular weight is 479 g/mol. The van der Waals surface area contributed by atoms with E-state index in [0.29, 0.717) is 27.2 Å². The van der Waals surface area contributed by atoms with Crippen LogP contribution >= 0.6 is 11.3 Å². The van der Waals surface area contributed by atoms with E-state index < -0.39 is 12.0 Å². The Morgan fingerprint density at radius 3 is 2.35 bits per heavy atom. The van der Waals surface area contributed by atoms with Gasteiger partial charge in [0.15, 0.2) is 4.80 Å². The Morgan fingerprint density at radius 1 is 1.06 bits per heavy atom. The van der Waals surface area contributed by atoms with E-state index in [9.17, 15) is 9.59 Å². The number of nitrogens with zero attached hydrogens (tertiary/aromatic N) is 2. The number of aromatic nitrogens is 1. The normalized spacial score (nSPS) is 15.5. The van der Waals surface area contributed by atoms with Gasteiger partial charge in [-0.2, -0.15) is 0 Å². The van der Waals surface area contributed by atoms with E-state index in [1.807, 2.05) is 61.5 Å². The highest BCUT2D eigenvalue weighted by molar-refractivity contribution is 7.07. The Bertz CT molecular complexity index is 1400. The lowest BCUT2D eigenvalue weighted by molar-refractivity contribution is -0.139. The summed E-state index contributed by atoms with van der Waals surface area (Å²) >= 11 is 1.29. The maximum atomic E-state index is 13.6. The number of thiazole rings is 1. The van der Waals surface area contributed by atoms with E-state index in [-0.39, 0.29) is 12.2 Å². The number of methoxy groups -OCH3 is 1. The van der Waals surface area contributed by atoms with E-state index in [1.165, 1.54) is 11.3 Å². The lowest BCUT2D eigenvalue weighted by Crippen LogP contribution is -2.39. The van der Waals surface area contributed by atoms with Gasteiger partial charge in [-0.3, -0.25) is 9.36 Å². The summed E-state index contributed by atoms with van der Waals surface area (Å²) in [6.07, 6.45) is 1.82. The number of hydrogen-bond donors (Lipinski definition) is 0. The zero-order chi connectivity index (χ0) is 24.2. The first-order chi connectivity index (χ1) is 16.5. The minimum absolute atomic E-state index is 0.215. The Kier molecular flexibility index (Phi) is 6.98. The standard InChI is InChI=1S/C26H26N2O5S/c1-5-32-20-13-9-18(10-14-20)23-22(25(30)33-6-2)16(3)27-26-28(23)24(29)21(34-26)15-17-7-11-19(31-4)12-8-17/h7-15,23H,5-6H2,1-4H3/b21-15-/t23-/m1/s1. The average Bonchev–Trinajstić information content (AvgIpc) is 3.14. The first-order valence-corrected chi connectivity index (χ1v) is 11.8. The fourth-order valence-electron chi connectivity index (χ4n) is 3.87. The molecule has 4 rings (SSSR count). The Hall–Kier alpha value is -3.65. The molecule has 0 amide bonds. The van der Waals surface area contributed by atoms with Gasteiger partial charge in [-0.25, -0.2) is 9.79 Å². The molecule has 3 aromatic rings. The smallest absolute Gasteiger partial charge is 0.338 e. The van der Waals surface area contributed by atoms with Crippen LogP contribution in [0.15, 0.2) is 69.6 Å². The monoisotopic (exact) mass is 478 g/mol. The number of ether oxygens (including phenoxy) is 3. The number of carbonyl (C=O) groups is 1. The number of benzene rings is 2. The number of allylic oxidation sites excluding steroid dienone is 1. The van der Waals surface area contributed by atoms with Gasteiger partial charge < -0.3 is 14.2 Å². The van der Waals surface area contributed by atoms with Gasteiger partial charge in [0.05, 0.1) is 42.2 Å². The van der Waals surface area contributed by atoms with Crippen molar-refractivity contribution in [3.05, 3.63) is 90.6 Å². The topological polar surface area (TPSA) is 79.1 Å². The highest BCUT2D eigenvalue weighted by atomic mass is 32.1.